The van der Waals surface area contributed by atoms with E-state index in [-0.39, 0.29) is 5.78 Å². The van der Waals surface area contributed by atoms with Gasteiger partial charge in [0.1, 0.15) is 5.75 Å². The molecule has 3 rings (SSSR count). The smallest absolute Gasteiger partial charge is 0.191 e. The van der Waals surface area contributed by atoms with Gasteiger partial charge in [0, 0.05) is 21.8 Å². The molecule has 1 aliphatic heterocycles. The van der Waals surface area contributed by atoms with E-state index in [1.807, 2.05) is 54.6 Å². The number of ketones is 1. The van der Waals surface area contributed by atoms with E-state index in [4.69, 9.17) is 4.74 Å². The Hall–Kier alpha value is -2.00. The van der Waals surface area contributed by atoms with E-state index in [9.17, 15) is 4.79 Å². The van der Waals surface area contributed by atoms with Gasteiger partial charge in [0.25, 0.3) is 0 Å². The number of fused-ring (bicyclic) bond motifs is 1. The first-order valence-corrected chi connectivity index (χ1v) is 7.37. The van der Waals surface area contributed by atoms with Crippen LogP contribution in [0.5, 0.6) is 5.75 Å². The Morgan fingerprint density at radius 3 is 2.70 bits per heavy atom. The summed E-state index contributed by atoms with van der Waals surface area (Å²) in [6, 6.07) is 15.6. The lowest BCUT2D eigenvalue weighted by atomic mass is 10.0. The van der Waals surface area contributed by atoms with Crippen molar-refractivity contribution >= 4 is 23.6 Å². The molecule has 0 fully saturated rings. The highest BCUT2D eigenvalue weighted by Gasteiger charge is 2.22. The van der Waals surface area contributed by atoms with Crippen LogP contribution in [0, 0.1) is 0 Å². The van der Waals surface area contributed by atoms with Crippen molar-refractivity contribution < 1.29 is 9.53 Å². The minimum Gasteiger partial charge on any atom is -0.497 e. The molecule has 3 heteroatoms. The molecule has 100 valence electrons. The molecule has 0 N–H and O–H groups in total. The second-order valence-corrected chi connectivity index (χ2v) is 5.58. The highest BCUT2D eigenvalue weighted by molar-refractivity contribution is 7.99. The molecule has 20 heavy (non-hydrogen) atoms. The minimum absolute atomic E-state index is 0.0986. The van der Waals surface area contributed by atoms with Crippen LogP contribution in [0.4, 0.5) is 0 Å². The normalized spacial score (nSPS) is 16.1. The number of hydrogen-bond acceptors (Lipinski definition) is 3. The zero-order chi connectivity index (χ0) is 13.9. The standard InChI is InChI=1S/C17H14O2S/c1-19-14-7-8-16-15(10-14)17(18)13(11-20-16)9-12-5-3-2-4-6-12/h2-10H,11H2,1H3/b13-9+. The molecular weight excluding hydrogens is 268 g/mol. The average molecular weight is 282 g/mol. The van der Waals surface area contributed by atoms with Crippen LogP contribution in [0.25, 0.3) is 6.08 Å². The number of methoxy groups -OCH3 is 1. The number of rotatable bonds is 2. The predicted molar refractivity (Wildman–Crippen MR) is 82.5 cm³/mol. The van der Waals surface area contributed by atoms with Crippen LogP contribution in [-0.2, 0) is 0 Å². The molecule has 0 unspecified atom stereocenters. The summed E-state index contributed by atoms with van der Waals surface area (Å²) < 4.78 is 5.20. The third-order valence-electron chi connectivity index (χ3n) is 3.25. The molecule has 2 aromatic rings. The summed E-state index contributed by atoms with van der Waals surface area (Å²) in [6.45, 7) is 0. The summed E-state index contributed by atoms with van der Waals surface area (Å²) in [5.74, 6) is 1.53. The highest BCUT2D eigenvalue weighted by Crippen LogP contribution is 2.35. The Balaban J connectivity index is 1.98. The first-order valence-electron chi connectivity index (χ1n) is 6.39. The van der Waals surface area contributed by atoms with Crippen molar-refractivity contribution in [1.82, 2.24) is 0 Å². The van der Waals surface area contributed by atoms with Gasteiger partial charge >= 0.3 is 0 Å². The summed E-state index contributed by atoms with van der Waals surface area (Å²) in [7, 11) is 1.61. The maximum atomic E-state index is 12.6. The van der Waals surface area contributed by atoms with E-state index < -0.39 is 0 Å². The Morgan fingerprint density at radius 1 is 1.15 bits per heavy atom. The lowest BCUT2D eigenvalue weighted by molar-refractivity contribution is 0.103. The average Bonchev–Trinajstić information content (AvgIpc) is 2.51. The molecule has 1 aliphatic rings. The van der Waals surface area contributed by atoms with Crippen LogP contribution < -0.4 is 4.74 Å². The van der Waals surface area contributed by atoms with Crippen LogP contribution in [0.15, 0.2) is 59.0 Å². The molecule has 0 amide bonds. The predicted octanol–water partition coefficient (Wildman–Crippen LogP) is 4.07. The van der Waals surface area contributed by atoms with Gasteiger partial charge in [0.15, 0.2) is 5.78 Å². The van der Waals surface area contributed by atoms with Gasteiger partial charge in [-0.1, -0.05) is 30.3 Å². The van der Waals surface area contributed by atoms with E-state index in [0.717, 1.165) is 27.3 Å². The fourth-order valence-corrected chi connectivity index (χ4v) is 3.19. The van der Waals surface area contributed by atoms with Gasteiger partial charge in [-0.3, -0.25) is 4.79 Å². The number of Topliss-reactive ketones (excluding diaryl/α,β-unsaturated/α-hetero) is 1. The Kier molecular flexibility index (Phi) is 3.61. The lowest BCUT2D eigenvalue weighted by Crippen LogP contribution is -2.12. The molecule has 1 heterocycles. The van der Waals surface area contributed by atoms with E-state index in [0.29, 0.717) is 5.75 Å². The van der Waals surface area contributed by atoms with E-state index in [1.54, 1.807) is 18.9 Å². The van der Waals surface area contributed by atoms with Crippen molar-refractivity contribution in [3.63, 3.8) is 0 Å². The first-order chi connectivity index (χ1) is 9.78. The maximum absolute atomic E-state index is 12.6. The number of ether oxygens (including phenoxy) is 1. The second kappa shape index (κ2) is 5.55. The Morgan fingerprint density at radius 2 is 1.95 bits per heavy atom. The highest BCUT2D eigenvalue weighted by atomic mass is 32.2. The molecule has 0 saturated heterocycles. The van der Waals surface area contributed by atoms with Crippen molar-refractivity contribution in [2.24, 2.45) is 0 Å². The summed E-state index contributed by atoms with van der Waals surface area (Å²) in [4.78, 5) is 13.6. The van der Waals surface area contributed by atoms with Crippen LogP contribution in [-0.4, -0.2) is 18.6 Å². The van der Waals surface area contributed by atoms with E-state index in [1.165, 1.54) is 0 Å². The molecule has 0 saturated carbocycles. The molecule has 0 aromatic heterocycles. The topological polar surface area (TPSA) is 26.3 Å². The zero-order valence-electron chi connectivity index (χ0n) is 11.1. The van der Waals surface area contributed by atoms with Gasteiger partial charge in [0.2, 0.25) is 0 Å². The van der Waals surface area contributed by atoms with Gasteiger partial charge in [-0.15, -0.1) is 11.8 Å². The van der Waals surface area contributed by atoms with E-state index in [2.05, 4.69) is 0 Å². The Bertz CT molecular complexity index is 675. The zero-order valence-corrected chi connectivity index (χ0v) is 11.9. The number of carbonyl (C=O) groups excluding carboxylic acids is 1. The van der Waals surface area contributed by atoms with Gasteiger partial charge < -0.3 is 4.74 Å². The third kappa shape index (κ3) is 2.49. The second-order valence-electron chi connectivity index (χ2n) is 4.56. The molecule has 0 bridgehead atoms. The van der Waals surface area contributed by atoms with Crippen molar-refractivity contribution in [3.8, 4) is 5.75 Å². The van der Waals surface area contributed by atoms with E-state index >= 15 is 0 Å². The van der Waals surface area contributed by atoms with Gasteiger partial charge in [-0.25, -0.2) is 0 Å². The van der Waals surface area contributed by atoms with Gasteiger partial charge in [-0.05, 0) is 29.8 Å². The van der Waals surface area contributed by atoms with Crippen LogP contribution in [0.3, 0.4) is 0 Å². The molecular formula is C17H14O2S. The number of thioether (sulfide) groups is 1. The summed E-state index contributed by atoms with van der Waals surface area (Å²) in [5, 5.41) is 0. The fourth-order valence-electron chi connectivity index (χ4n) is 2.19. The lowest BCUT2D eigenvalue weighted by Gasteiger charge is -2.17. The first kappa shape index (κ1) is 13.0. The van der Waals surface area contributed by atoms with Crippen molar-refractivity contribution in [2.45, 2.75) is 4.90 Å². The number of carbonyl (C=O) groups is 1. The SMILES string of the molecule is COc1ccc2c(c1)C(=O)/C(=C/c1ccccc1)CS2. The van der Waals surface area contributed by atoms with Crippen molar-refractivity contribution in [2.75, 3.05) is 12.9 Å². The molecule has 0 aliphatic carbocycles. The number of hydrogen-bond donors (Lipinski definition) is 0. The largest absolute Gasteiger partial charge is 0.497 e. The summed E-state index contributed by atoms with van der Waals surface area (Å²) in [5.41, 5.74) is 2.63. The number of benzene rings is 2. The van der Waals surface area contributed by atoms with Crippen LogP contribution in [0.2, 0.25) is 0 Å². The molecule has 0 atom stereocenters. The monoisotopic (exact) mass is 282 g/mol. The molecule has 0 spiro atoms. The Labute approximate surface area is 122 Å². The summed E-state index contributed by atoms with van der Waals surface area (Å²) in [6.07, 6.45) is 1.97. The molecule has 2 aromatic carbocycles. The molecule has 2 nitrogen and oxygen atoms in total. The summed E-state index contributed by atoms with van der Waals surface area (Å²) >= 11 is 1.69. The minimum atomic E-state index is 0.0986. The third-order valence-corrected chi connectivity index (χ3v) is 4.37. The quantitative estimate of drug-likeness (QED) is 0.777. The van der Waals surface area contributed by atoms with Crippen LogP contribution in [0.1, 0.15) is 15.9 Å². The fraction of sp³-hybridized carbons (Fsp3) is 0.118. The maximum Gasteiger partial charge on any atom is 0.191 e. The molecule has 0 radical (unpaired) electrons. The van der Waals surface area contributed by atoms with Gasteiger partial charge in [-0.2, -0.15) is 0 Å². The van der Waals surface area contributed by atoms with Gasteiger partial charge in [0.05, 0.1) is 7.11 Å². The van der Waals surface area contributed by atoms with Crippen molar-refractivity contribution in [3.05, 3.63) is 65.2 Å². The van der Waals surface area contributed by atoms with Crippen LogP contribution >= 0.6 is 11.8 Å². The van der Waals surface area contributed by atoms with Crippen molar-refractivity contribution in [1.29, 1.82) is 0 Å².